The third kappa shape index (κ3) is 1.31. The number of nitrogen functional groups attached to an aromatic ring is 1. The number of fused-ring (bicyclic) bond motifs is 3. The first-order valence-electron chi connectivity index (χ1n) is 6.54. The molecule has 0 amide bonds. The summed E-state index contributed by atoms with van der Waals surface area (Å²) in [5, 5.41) is 5.81. The minimum Gasteiger partial charge on any atom is -0.399 e. The quantitative estimate of drug-likeness (QED) is 0.761. The Labute approximate surface area is 101 Å². The van der Waals surface area contributed by atoms with E-state index in [1.807, 2.05) is 12.3 Å². The van der Waals surface area contributed by atoms with Crippen LogP contribution in [-0.2, 0) is 0 Å². The van der Waals surface area contributed by atoms with Crippen LogP contribution in [0.15, 0.2) is 24.4 Å². The van der Waals surface area contributed by atoms with Gasteiger partial charge in [-0.25, -0.2) is 0 Å². The molecule has 2 aliphatic rings. The van der Waals surface area contributed by atoms with Gasteiger partial charge < -0.3 is 5.73 Å². The minimum atomic E-state index is 0.619. The second-order valence-electron chi connectivity index (χ2n) is 5.65. The summed E-state index contributed by atoms with van der Waals surface area (Å²) in [4.78, 5) is 0. The van der Waals surface area contributed by atoms with Crippen LogP contribution in [0.4, 0.5) is 5.69 Å². The Kier molecular flexibility index (Phi) is 1.82. The molecule has 3 atom stereocenters. The number of hydrogen-bond acceptors (Lipinski definition) is 2. The molecular formula is C14H17N3. The Hall–Kier alpha value is -1.51. The summed E-state index contributed by atoms with van der Waals surface area (Å²) in [7, 11) is 0. The van der Waals surface area contributed by atoms with Crippen LogP contribution < -0.4 is 5.73 Å². The largest absolute Gasteiger partial charge is 0.399 e. The van der Waals surface area contributed by atoms with E-state index in [-0.39, 0.29) is 0 Å². The summed E-state index contributed by atoms with van der Waals surface area (Å²) in [6, 6.07) is 6.71. The van der Waals surface area contributed by atoms with Crippen molar-refractivity contribution in [1.29, 1.82) is 0 Å². The van der Waals surface area contributed by atoms with E-state index >= 15 is 0 Å². The lowest BCUT2D eigenvalue weighted by Crippen LogP contribution is -2.17. The van der Waals surface area contributed by atoms with Crippen molar-refractivity contribution in [1.82, 2.24) is 9.78 Å². The lowest BCUT2D eigenvalue weighted by molar-refractivity contribution is 0.314. The fourth-order valence-corrected chi connectivity index (χ4v) is 3.83. The fourth-order valence-electron chi connectivity index (χ4n) is 3.83. The van der Waals surface area contributed by atoms with Crippen molar-refractivity contribution in [2.24, 2.45) is 11.8 Å². The summed E-state index contributed by atoms with van der Waals surface area (Å²) in [5.41, 5.74) is 7.93. The highest BCUT2D eigenvalue weighted by atomic mass is 15.3. The topological polar surface area (TPSA) is 43.8 Å². The first-order valence-corrected chi connectivity index (χ1v) is 6.54. The van der Waals surface area contributed by atoms with Gasteiger partial charge in [-0.3, -0.25) is 4.68 Å². The van der Waals surface area contributed by atoms with E-state index in [0.717, 1.165) is 17.5 Å². The molecule has 0 radical (unpaired) electrons. The van der Waals surface area contributed by atoms with Gasteiger partial charge in [0, 0.05) is 11.1 Å². The van der Waals surface area contributed by atoms with Gasteiger partial charge in [-0.05, 0) is 49.3 Å². The van der Waals surface area contributed by atoms with Crippen molar-refractivity contribution in [2.75, 3.05) is 5.73 Å². The number of nitrogens with two attached hydrogens (primary N) is 1. The van der Waals surface area contributed by atoms with Crippen molar-refractivity contribution < 1.29 is 0 Å². The van der Waals surface area contributed by atoms with Crippen molar-refractivity contribution >= 4 is 16.6 Å². The van der Waals surface area contributed by atoms with E-state index in [1.165, 1.54) is 36.6 Å². The standard InChI is InChI=1S/C14H17N3/c15-12-4-3-11-8-16-17(14(11)7-12)13-6-9-1-2-10(13)5-9/h3-4,7-10,13H,1-2,5-6,15H2. The average molecular weight is 227 g/mol. The number of aromatic nitrogens is 2. The van der Waals surface area contributed by atoms with E-state index in [0.29, 0.717) is 6.04 Å². The molecule has 17 heavy (non-hydrogen) atoms. The normalized spacial score (nSPS) is 31.4. The summed E-state index contributed by atoms with van der Waals surface area (Å²) in [6.07, 6.45) is 7.52. The molecule has 4 rings (SSSR count). The number of anilines is 1. The van der Waals surface area contributed by atoms with Gasteiger partial charge in [0.25, 0.3) is 0 Å². The molecule has 3 heteroatoms. The predicted molar refractivity (Wildman–Crippen MR) is 68.6 cm³/mol. The summed E-state index contributed by atoms with van der Waals surface area (Å²) < 4.78 is 2.23. The molecule has 2 fully saturated rings. The molecule has 2 saturated carbocycles. The maximum Gasteiger partial charge on any atom is 0.0706 e. The molecule has 88 valence electrons. The SMILES string of the molecule is Nc1ccc2cnn(C3CC4CCC3C4)c2c1. The molecule has 2 aliphatic carbocycles. The zero-order valence-electron chi connectivity index (χ0n) is 9.84. The number of nitrogens with zero attached hydrogens (tertiary/aromatic N) is 2. The fraction of sp³-hybridized carbons (Fsp3) is 0.500. The average Bonchev–Trinajstić information content (AvgIpc) is 3.01. The van der Waals surface area contributed by atoms with Gasteiger partial charge in [0.1, 0.15) is 0 Å². The highest BCUT2D eigenvalue weighted by molar-refractivity contribution is 5.81. The van der Waals surface area contributed by atoms with Gasteiger partial charge in [0.15, 0.2) is 0 Å². The van der Waals surface area contributed by atoms with Crippen molar-refractivity contribution in [2.45, 2.75) is 31.7 Å². The molecule has 2 aromatic rings. The molecule has 0 aliphatic heterocycles. The lowest BCUT2D eigenvalue weighted by Gasteiger charge is -2.22. The van der Waals surface area contributed by atoms with Crippen LogP contribution in [0, 0.1) is 11.8 Å². The monoisotopic (exact) mass is 227 g/mol. The van der Waals surface area contributed by atoms with Crippen LogP contribution in [0.1, 0.15) is 31.7 Å². The van der Waals surface area contributed by atoms with E-state index < -0.39 is 0 Å². The second kappa shape index (κ2) is 3.25. The Bertz CT molecular complexity index is 572. The van der Waals surface area contributed by atoms with Crippen LogP contribution in [0.2, 0.25) is 0 Å². The van der Waals surface area contributed by atoms with Gasteiger partial charge in [0.05, 0.1) is 17.8 Å². The van der Waals surface area contributed by atoms with E-state index in [1.54, 1.807) is 0 Å². The number of benzene rings is 1. The molecule has 1 aromatic heterocycles. The Morgan fingerprint density at radius 3 is 2.94 bits per heavy atom. The Balaban J connectivity index is 1.83. The predicted octanol–water partition coefficient (Wildman–Crippen LogP) is 2.98. The van der Waals surface area contributed by atoms with E-state index in [2.05, 4.69) is 21.9 Å². The summed E-state index contributed by atoms with van der Waals surface area (Å²) in [6.45, 7) is 0. The molecule has 2 bridgehead atoms. The first kappa shape index (κ1) is 9.51. The van der Waals surface area contributed by atoms with Crippen LogP contribution >= 0.6 is 0 Å². The van der Waals surface area contributed by atoms with Gasteiger partial charge in [-0.2, -0.15) is 5.10 Å². The lowest BCUT2D eigenvalue weighted by atomic mass is 9.95. The highest BCUT2D eigenvalue weighted by Crippen LogP contribution is 2.51. The summed E-state index contributed by atoms with van der Waals surface area (Å²) >= 11 is 0. The third-order valence-corrected chi connectivity index (χ3v) is 4.64. The van der Waals surface area contributed by atoms with Crippen LogP contribution in [0.3, 0.4) is 0 Å². The number of hydrogen-bond donors (Lipinski definition) is 1. The van der Waals surface area contributed by atoms with Crippen LogP contribution in [-0.4, -0.2) is 9.78 Å². The molecule has 2 N–H and O–H groups in total. The molecule has 3 nitrogen and oxygen atoms in total. The molecule has 1 heterocycles. The van der Waals surface area contributed by atoms with Gasteiger partial charge in [0.2, 0.25) is 0 Å². The van der Waals surface area contributed by atoms with E-state index in [4.69, 9.17) is 5.73 Å². The van der Waals surface area contributed by atoms with Crippen LogP contribution in [0.25, 0.3) is 10.9 Å². The number of rotatable bonds is 1. The van der Waals surface area contributed by atoms with Gasteiger partial charge >= 0.3 is 0 Å². The molecular weight excluding hydrogens is 210 g/mol. The first-order chi connectivity index (χ1) is 8.31. The maximum atomic E-state index is 5.89. The maximum absolute atomic E-state index is 5.89. The zero-order valence-corrected chi connectivity index (χ0v) is 9.84. The van der Waals surface area contributed by atoms with Crippen molar-refractivity contribution in [3.05, 3.63) is 24.4 Å². The third-order valence-electron chi connectivity index (χ3n) is 4.64. The minimum absolute atomic E-state index is 0.619. The summed E-state index contributed by atoms with van der Waals surface area (Å²) in [5.74, 6) is 1.80. The molecule has 3 unspecified atom stereocenters. The highest BCUT2D eigenvalue weighted by Gasteiger charge is 2.41. The van der Waals surface area contributed by atoms with Crippen LogP contribution in [0.5, 0.6) is 0 Å². The molecule has 0 saturated heterocycles. The van der Waals surface area contributed by atoms with Gasteiger partial charge in [-0.15, -0.1) is 0 Å². The Morgan fingerprint density at radius 2 is 2.18 bits per heavy atom. The van der Waals surface area contributed by atoms with Crippen molar-refractivity contribution in [3.8, 4) is 0 Å². The zero-order chi connectivity index (χ0) is 11.4. The van der Waals surface area contributed by atoms with Crippen molar-refractivity contribution in [3.63, 3.8) is 0 Å². The molecule has 1 aromatic carbocycles. The van der Waals surface area contributed by atoms with Gasteiger partial charge in [-0.1, -0.05) is 6.42 Å². The molecule has 0 spiro atoms. The smallest absolute Gasteiger partial charge is 0.0706 e. The second-order valence-corrected chi connectivity index (χ2v) is 5.65. The van der Waals surface area contributed by atoms with E-state index in [9.17, 15) is 0 Å². The Morgan fingerprint density at radius 1 is 1.24 bits per heavy atom.